The van der Waals surface area contributed by atoms with Gasteiger partial charge in [0.25, 0.3) is 11.8 Å². The number of fused-ring (bicyclic) bond motifs is 1. The van der Waals surface area contributed by atoms with Gasteiger partial charge in [0.15, 0.2) is 11.6 Å². The molecule has 0 fully saturated rings. The number of nitrogens with one attached hydrogen (secondary N) is 2. The van der Waals surface area contributed by atoms with E-state index in [0.717, 1.165) is 16.2 Å². The molecule has 0 unspecified atom stereocenters. The number of anilines is 3. The van der Waals surface area contributed by atoms with Crippen molar-refractivity contribution in [1.29, 1.82) is 0 Å². The van der Waals surface area contributed by atoms with Crippen molar-refractivity contribution >= 4 is 34.3 Å². The average molecular weight is 457 g/mol. The van der Waals surface area contributed by atoms with Crippen LogP contribution in [-0.2, 0) is 7.05 Å². The molecule has 13 nitrogen and oxygen atoms in total. The Balaban J connectivity index is 1.27. The molecule has 1 aromatic carbocycles. The number of hydrogen-bond donors (Lipinski definition) is 4. The molecule has 0 aliphatic heterocycles. The smallest absolute Gasteiger partial charge is 0.277 e. The van der Waals surface area contributed by atoms with Gasteiger partial charge < -0.3 is 20.9 Å². The molecule has 0 saturated heterocycles. The third kappa shape index (κ3) is 4.05. The summed E-state index contributed by atoms with van der Waals surface area (Å²) >= 11 is 0. The lowest BCUT2D eigenvalue weighted by Crippen LogP contribution is -2.36. The standard InChI is InChI=1S/C21H19N11O2/c1-31-16(19-27-13-6-2-3-7-14(13)28-19)9-17(30-31)29-21(33)15-10-26-18(11-25-15)34-32(23)20-12(22)5-4-8-24-20/h2-11H,22-23H2,1H3,(H,27,28)(H,29,30,33). The number of aromatic nitrogens is 7. The van der Waals surface area contributed by atoms with E-state index in [9.17, 15) is 4.79 Å². The molecular weight excluding hydrogens is 438 g/mol. The second-order valence-electron chi connectivity index (χ2n) is 7.17. The van der Waals surface area contributed by atoms with Crippen LogP contribution in [0.5, 0.6) is 5.88 Å². The Hall–Kier alpha value is -5.04. The number of H-pyrrole nitrogens is 1. The number of pyridine rings is 1. The second-order valence-corrected chi connectivity index (χ2v) is 7.17. The van der Waals surface area contributed by atoms with Crippen molar-refractivity contribution in [2.24, 2.45) is 12.9 Å². The summed E-state index contributed by atoms with van der Waals surface area (Å²) in [5, 5.41) is 7.90. The highest BCUT2D eigenvalue weighted by Gasteiger charge is 2.16. The quantitative estimate of drug-likeness (QED) is 0.216. The van der Waals surface area contributed by atoms with Crippen LogP contribution >= 0.6 is 0 Å². The molecule has 4 heterocycles. The molecule has 170 valence electrons. The van der Waals surface area contributed by atoms with Gasteiger partial charge in [-0.3, -0.25) is 9.48 Å². The van der Waals surface area contributed by atoms with Crippen molar-refractivity contribution in [3.8, 4) is 17.4 Å². The molecule has 0 spiro atoms. The maximum atomic E-state index is 12.6. The highest BCUT2D eigenvalue weighted by Crippen LogP contribution is 2.23. The van der Waals surface area contributed by atoms with Gasteiger partial charge in [0, 0.05) is 19.3 Å². The van der Waals surface area contributed by atoms with Gasteiger partial charge in [-0.1, -0.05) is 12.1 Å². The van der Waals surface area contributed by atoms with E-state index in [-0.39, 0.29) is 17.4 Å². The summed E-state index contributed by atoms with van der Waals surface area (Å²) in [5.74, 6) is 6.56. The van der Waals surface area contributed by atoms with Crippen LogP contribution in [0.15, 0.2) is 61.1 Å². The molecule has 4 aromatic heterocycles. The van der Waals surface area contributed by atoms with Crippen molar-refractivity contribution in [1.82, 2.24) is 34.7 Å². The number of para-hydroxylation sites is 2. The Morgan fingerprint density at radius 1 is 1.15 bits per heavy atom. The van der Waals surface area contributed by atoms with E-state index in [4.69, 9.17) is 16.4 Å². The molecule has 34 heavy (non-hydrogen) atoms. The first-order valence-corrected chi connectivity index (χ1v) is 10.0. The average Bonchev–Trinajstić information content (AvgIpc) is 3.42. The second kappa shape index (κ2) is 8.48. The van der Waals surface area contributed by atoms with E-state index in [0.29, 0.717) is 23.0 Å². The number of carbonyl (C=O) groups excluding carboxylic acids is 1. The van der Waals surface area contributed by atoms with Crippen molar-refractivity contribution in [3.05, 3.63) is 66.7 Å². The largest absolute Gasteiger partial charge is 0.396 e. The molecule has 6 N–H and O–H groups in total. The van der Waals surface area contributed by atoms with Gasteiger partial charge in [0.2, 0.25) is 5.82 Å². The number of aryl methyl sites for hydroxylation is 1. The maximum absolute atomic E-state index is 12.6. The van der Waals surface area contributed by atoms with Crippen LogP contribution in [0.4, 0.5) is 17.3 Å². The summed E-state index contributed by atoms with van der Waals surface area (Å²) in [6.45, 7) is 0. The Morgan fingerprint density at radius 3 is 2.76 bits per heavy atom. The number of benzene rings is 1. The molecular formula is C21H19N11O2. The fraction of sp³-hybridized carbons (Fsp3) is 0.0476. The minimum absolute atomic E-state index is 0.0501. The first-order chi connectivity index (χ1) is 16.5. The summed E-state index contributed by atoms with van der Waals surface area (Å²) in [5.41, 5.74) is 8.65. The van der Waals surface area contributed by atoms with Crippen molar-refractivity contribution in [2.75, 3.05) is 16.2 Å². The summed E-state index contributed by atoms with van der Waals surface area (Å²) in [7, 11) is 1.76. The molecule has 0 bridgehead atoms. The molecule has 5 aromatic rings. The molecule has 1 amide bonds. The van der Waals surface area contributed by atoms with Gasteiger partial charge in [0.1, 0.15) is 11.4 Å². The monoisotopic (exact) mass is 457 g/mol. The van der Waals surface area contributed by atoms with Crippen LogP contribution in [-0.4, -0.2) is 40.6 Å². The SMILES string of the molecule is Cn1nc(NC(=O)c2cnc(ON(N)c3ncccc3N)cn2)cc1-c1nc2ccccc2[nH]1. The van der Waals surface area contributed by atoms with Crippen LogP contribution < -0.4 is 26.9 Å². The number of amides is 1. The van der Waals surface area contributed by atoms with Crippen molar-refractivity contribution < 1.29 is 9.63 Å². The minimum Gasteiger partial charge on any atom is -0.396 e. The lowest BCUT2D eigenvalue weighted by Gasteiger charge is -2.17. The molecule has 0 aliphatic carbocycles. The highest BCUT2D eigenvalue weighted by atomic mass is 16.7. The Labute approximate surface area is 192 Å². The summed E-state index contributed by atoms with van der Waals surface area (Å²) in [6, 6.07) is 12.7. The number of nitrogen functional groups attached to an aromatic ring is 1. The van der Waals surface area contributed by atoms with Gasteiger partial charge in [-0.15, -0.1) is 5.17 Å². The molecule has 0 saturated carbocycles. The van der Waals surface area contributed by atoms with Crippen LogP contribution in [0.2, 0.25) is 0 Å². The van der Waals surface area contributed by atoms with Gasteiger partial charge >= 0.3 is 0 Å². The third-order valence-electron chi connectivity index (χ3n) is 4.83. The van der Waals surface area contributed by atoms with Crippen molar-refractivity contribution in [2.45, 2.75) is 0 Å². The number of hydrogen-bond acceptors (Lipinski definition) is 10. The molecule has 13 heteroatoms. The zero-order chi connectivity index (χ0) is 23.7. The van der Waals surface area contributed by atoms with E-state index in [2.05, 4.69) is 35.3 Å². The number of aromatic amines is 1. The maximum Gasteiger partial charge on any atom is 0.277 e. The van der Waals surface area contributed by atoms with E-state index in [1.54, 1.807) is 29.9 Å². The van der Waals surface area contributed by atoms with Gasteiger partial charge in [-0.25, -0.2) is 25.8 Å². The third-order valence-corrected chi connectivity index (χ3v) is 4.83. The number of carbonyl (C=O) groups is 1. The Kier molecular flexibility index (Phi) is 5.20. The van der Waals surface area contributed by atoms with Crippen LogP contribution in [0.1, 0.15) is 10.5 Å². The highest BCUT2D eigenvalue weighted by molar-refractivity contribution is 6.02. The first-order valence-electron chi connectivity index (χ1n) is 10.0. The van der Waals surface area contributed by atoms with Crippen LogP contribution in [0.3, 0.4) is 0 Å². The van der Waals surface area contributed by atoms with Gasteiger partial charge in [-0.05, 0) is 24.3 Å². The first kappa shape index (κ1) is 20.8. The Bertz CT molecular complexity index is 1440. The lowest BCUT2D eigenvalue weighted by molar-refractivity contribution is 0.102. The zero-order valence-electron chi connectivity index (χ0n) is 17.9. The Morgan fingerprint density at radius 2 is 2.00 bits per heavy atom. The molecule has 0 aliphatic rings. The normalized spacial score (nSPS) is 10.9. The summed E-state index contributed by atoms with van der Waals surface area (Å²) < 4.78 is 1.62. The molecule has 0 atom stereocenters. The van der Waals surface area contributed by atoms with Gasteiger partial charge in [-0.2, -0.15) is 5.10 Å². The van der Waals surface area contributed by atoms with Crippen LogP contribution in [0, 0.1) is 0 Å². The number of nitrogens with zero attached hydrogens (tertiary/aromatic N) is 7. The van der Waals surface area contributed by atoms with E-state index in [1.165, 1.54) is 18.6 Å². The predicted molar refractivity (Wildman–Crippen MR) is 124 cm³/mol. The van der Waals surface area contributed by atoms with E-state index < -0.39 is 5.91 Å². The van der Waals surface area contributed by atoms with Crippen molar-refractivity contribution in [3.63, 3.8) is 0 Å². The summed E-state index contributed by atoms with van der Waals surface area (Å²) in [4.78, 5) is 38.0. The zero-order valence-corrected chi connectivity index (χ0v) is 17.9. The summed E-state index contributed by atoms with van der Waals surface area (Å²) in [6.07, 6.45) is 4.03. The van der Waals surface area contributed by atoms with E-state index >= 15 is 0 Å². The number of imidazole rings is 1. The van der Waals surface area contributed by atoms with Crippen LogP contribution in [0.25, 0.3) is 22.6 Å². The lowest BCUT2D eigenvalue weighted by atomic mass is 10.3. The fourth-order valence-electron chi connectivity index (χ4n) is 3.22. The number of nitrogens with two attached hydrogens (primary N) is 2. The molecule has 5 rings (SSSR count). The predicted octanol–water partition coefficient (Wildman–Crippen LogP) is 1.66. The van der Waals surface area contributed by atoms with Gasteiger partial charge in [0.05, 0.1) is 29.1 Å². The molecule has 0 radical (unpaired) electrons. The fourth-order valence-corrected chi connectivity index (χ4v) is 3.22. The topological polar surface area (TPSA) is 179 Å². The number of hydrazine groups is 1. The van der Waals surface area contributed by atoms with E-state index in [1.807, 2.05) is 24.3 Å². The number of rotatable bonds is 6. The minimum atomic E-state index is -0.494.